The monoisotopic (exact) mass is 547 g/mol. The summed E-state index contributed by atoms with van der Waals surface area (Å²) in [7, 11) is 2.10. The van der Waals surface area contributed by atoms with E-state index in [4.69, 9.17) is 15.0 Å². The Hall–Kier alpha value is -4.05. The number of fused-ring (bicyclic) bond motifs is 2. The van der Waals surface area contributed by atoms with E-state index in [1.807, 2.05) is 6.07 Å². The van der Waals surface area contributed by atoms with Crippen molar-refractivity contribution in [3.63, 3.8) is 0 Å². The zero-order valence-corrected chi connectivity index (χ0v) is 24.9. The molecule has 5 aromatic rings. The zero-order chi connectivity index (χ0) is 28.7. The molecular formula is C38H38BN3. The predicted octanol–water partition coefficient (Wildman–Crippen LogP) is 7.90. The molecule has 2 bridgehead atoms. The van der Waals surface area contributed by atoms with Gasteiger partial charge in [0, 0.05) is 16.7 Å². The highest BCUT2D eigenvalue weighted by atomic mass is 15.0. The fourth-order valence-electron chi connectivity index (χ4n) is 7.78. The van der Waals surface area contributed by atoms with Crippen LogP contribution >= 0.6 is 0 Å². The third-order valence-electron chi connectivity index (χ3n) is 9.63. The molecule has 0 aliphatic heterocycles. The van der Waals surface area contributed by atoms with Crippen molar-refractivity contribution in [2.45, 2.75) is 51.4 Å². The maximum atomic E-state index is 5.04. The molecule has 0 N–H and O–H groups in total. The highest BCUT2D eigenvalue weighted by molar-refractivity contribution is 6.32. The number of aromatic nitrogens is 3. The maximum Gasteiger partial charge on any atom is 0.164 e. The number of rotatable bonds is 5. The molecule has 3 nitrogen and oxygen atoms in total. The van der Waals surface area contributed by atoms with Gasteiger partial charge in [-0.15, -0.1) is 0 Å². The van der Waals surface area contributed by atoms with E-state index >= 15 is 0 Å². The highest BCUT2D eigenvalue weighted by Gasteiger charge is 2.41. The van der Waals surface area contributed by atoms with E-state index in [1.165, 1.54) is 48.7 Å². The third kappa shape index (κ3) is 5.43. The van der Waals surface area contributed by atoms with Crippen LogP contribution < -0.4 is 5.46 Å². The SMILES string of the molecule is Bc1ccc(-c2nc(-c3ccc(C4(C)C[C@@H]5CC(C)C[C@@H](C5)C4)cc3)nc(-c3cccc(-c4ccccc4)c3)n2)cc1. The first-order valence-corrected chi connectivity index (χ1v) is 15.5. The topological polar surface area (TPSA) is 38.7 Å². The lowest BCUT2D eigenvalue weighted by atomic mass is 9.57. The second kappa shape index (κ2) is 11.0. The van der Waals surface area contributed by atoms with Crippen LogP contribution in [0.25, 0.3) is 45.3 Å². The van der Waals surface area contributed by atoms with Gasteiger partial charge in [-0.25, -0.2) is 15.0 Å². The molecular weight excluding hydrogens is 509 g/mol. The molecule has 4 aromatic carbocycles. The van der Waals surface area contributed by atoms with E-state index in [2.05, 4.69) is 119 Å². The molecule has 4 atom stereocenters. The third-order valence-corrected chi connectivity index (χ3v) is 9.63. The van der Waals surface area contributed by atoms with Crippen molar-refractivity contribution in [3.05, 3.63) is 109 Å². The first-order chi connectivity index (χ1) is 20.4. The van der Waals surface area contributed by atoms with Gasteiger partial charge in [-0.2, -0.15) is 0 Å². The quantitative estimate of drug-likeness (QED) is 0.210. The van der Waals surface area contributed by atoms with Gasteiger partial charge in [0.05, 0.1) is 0 Å². The van der Waals surface area contributed by atoms with Crippen molar-refractivity contribution in [2.24, 2.45) is 17.8 Å². The highest BCUT2D eigenvalue weighted by Crippen LogP contribution is 2.51. The Balaban J connectivity index is 1.26. The Bertz CT molecular complexity index is 1680. The summed E-state index contributed by atoms with van der Waals surface area (Å²) < 4.78 is 0. The Morgan fingerprint density at radius 3 is 1.71 bits per heavy atom. The minimum atomic E-state index is 0.251. The van der Waals surface area contributed by atoms with Crippen molar-refractivity contribution >= 4 is 13.3 Å². The first kappa shape index (κ1) is 26.8. The van der Waals surface area contributed by atoms with E-state index < -0.39 is 0 Å². The lowest BCUT2D eigenvalue weighted by molar-refractivity contribution is 0.0899. The molecule has 2 aliphatic carbocycles. The van der Waals surface area contributed by atoms with Crippen LogP contribution in [0, 0.1) is 17.8 Å². The van der Waals surface area contributed by atoms with Crippen molar-refractivity contribution in [3.8, 4) is 45.3 Å². The maximum absolute atomic E-state index is 5.04. The molecule has 7 rings (SSSR count). The van der Waals surface area contributed by atoms with Gasteiger partial charge < -0.3 is 0 Å². The van der Waals surface area contributed by atoms with E-state index in [1.54, 1.807) is 0 Å². The smallest absolute Gasteiger partial charge is 0.164 e. The summed E-state index contributed by atoms with van der Waals surface area (Å²) in [6, 6.07) is 36.5. The first-order valence-electron chi connectivity index (χ1n) is 15.5. The largest absolute Gasteiger partial charge is 0.208 e. The minimum Gasteiger partial charge on any atom is -0.208 e. The number of benzene rings is 4. The van der Waals surface area contributed by atoms with E-state index in [9.17, 15) is 0 Å². The summed E-state index contributed by atoms with van der Waals surface area (Å²) in [4.78, 5) is 15.0. The molecule has 2 aliphatic rings. The molecule has 2 saturated carbocycles. The van der Waals surface area contributed by atoms with Crippen molar-refractivity contribution in [1.82, 2.24) is 15.0 Å². The normalized spacial score (nSPS) is 23.4. The van der Waals surface area contributed by atoms with Gasteiger partial charge in [-0.05, 0) is 78.0 Å². The van der Waals surface area contributed by atoms with Crippen LogP contribution in [0.3, 0.4) is 0 Å². The molecule has 0 spiro atoms. The lowest BCUT2D eigenvalue weighted by Gasteiger charge is -2.47. The van der Waals surface area contributed by atoms with Gasteiger partial charge in [0.1, 0.15) is 7.85 Å². The van der Waals surface area contributed by atoms with Crippen LogP contribution in [-0.4, -0.2) is 22.8 Å². The van der Waals surface area contributed by atoms with Crippen LogP contribution in [0.15, 0.2) is 103 Å². The van der Waals surface area contributed by atoms with E-state index in [0.29, 0.717) is 17.5 Å². The summed E-state index contributed by atoms with van der Waals surface area (Å²) in [5.41, 5.74) is 8.27. The molecule has 1 aromatic heterocycles. The summed E-state index contributed by atoms with van der Waals surface area (Å²) in [5, 5.41) is 0. The lowest BCUT2D eigenvalue weighted by Crippen LogP contribution is -2.38. The molecule has 0 amide bonds. The number of nitrogens with zero attached hydrogens (tertiary/aromatic N) is 3. The average Bonchev–Trinajstić information content (AvgIpc) is 3.01. The molecule has 2 unspecified atom stereocenters. The van der Waals surface area contributed by atoms with Crippen molar-refractivity contribution < 1.29 is 0 Å². The minimum absolute atomic E-state index is 0.251. The molecule has 0 saturated heterocycles. The zero-order valence-electron chi connectivity index (χ0n) is 24.9. The molecule has 4 heteroatoms. The van der Waals surface area contributed by atoms with E-state index in [-0.39, 0.29) is 5.41 Å². The fourth-order valence-corrected chi connectivity index (χ4v) is 7.78. The molecule has 1 heterocycles. The standard InChI is InChI=1S/C38H38BN3/c1-25-19-26-21-27(20-25)24-38(2,23-26)33-15-11-29(12-16-33)35-40-36(30-13-17-34(39)18-14-30)42-37(41-35)32-10-6-9-31(22-32)28-7-4-3-5-8-28/h3-18,22,25-27H,19-21,23-24,39H2,1-2H3/t25?,26-,27+,38?. The van der Waals surface area contributed by atoms with Crippen LogP contribution in [0.2, 0.25) is 0 Å². The van der Waals surface area contributed by atoms with Gasteiger partial charge in [0.15, 0.2) is 17.5 Å². The number of hydrogen-bond donors (Lipinski definition) is 0. The Morgan fingerprint density at radius 2 is 1.10 bits per heavy atom. The average molecular weight is 548 g/mol. The van der Waals surface area contributed by atoms with Crippen molar-refractivity contribution in [1.29, 1.82) is 0 Å². The molecule has 0 radical (unpaired) electrons. The Morgan fingerprint density at radius 1 is 0.571 bits per heavy atom. The molecule has 208 valence electrons. The Labute approximate surface area is 250 Å². The summed E-state index contributed by atoms with van der Waals surface area (Å²) in [5.74, 6) is 4.73. The fraction of sp³-hybridized carbons (Fsp3) is 0.289. The molecule has 42 heavy (non-hydrogen) atoms. The summed E-state index contributed by atoms with van der Waals surface area (Å²) in [6.07, 6.45) is 6.83. The van der Waals surface area contributed by atoms with Crippen LogP contribution in [0.1, 0.15) is 51.5 Å². The van der Waals surface area contributed by atoms with Gasteiger partial charge in [0.25, 0.3) is 0 Å². The van der Waals surface area contributed by atoms with Crippen molar-refractivity contribution in [2.75, 3.05) is 0 Å². The van der Waals surface area contributed by atoms with Crippen LogP contribution in [0.4, 0.5) is 0 Å². The van der Waals surface area contributed by atoms with Crippen LogP contribution in [0.5, 0.6) is 0 Å². The van der Waals surface area contributed by atoms with Gasteiger partial charge in [-0.1, -0.05) is 116 Å². The van der Waals surface area contributed by atoms with Crippen LogP contribution in [-0.2, 0) is 5.41 Å². The van der Waals surface area contributed by atoms with E-state index in [0.717, 1.165) is 40.0 Å². The second-order valence-corrected chi connectivity index (χ2v) is 13.2. The summed E-state index contributed by atoms with van der Waals surface area (Å²) >= 11 is 0. The second-order valence-electron chi connectivity index (χ2n) is 13.2. The van der Waals surface area contributed by atoms with Gasteiger partial charge in [-0.3, -0.25) is 0 Å². The predicted molar refractivity (Wildman–Crippen MR) is 176 cm³/mol. The Kier molecular flexibility index (Phi) is 7.02. The summed E-state index contributed by atoms with van der Waals surface area (Å²) in [6.45, 7) is 4.94. The van der Waals surface area contributed by atoms with Gasteiger partial charge >= 0.3 is 0 Å². The number of hydrogen-bond acceptors (Lipinski definition) is 3. The molecule has 2 fully saturated rings. The van der Waals surface area contributed by atoms with Gasteiger partial charge in [0.2, 0.25) is 0 Å².